The van der Waals surface area contributed by atoms with Gasteiger partial charge in [-0.25, -0.2) is 4.79 Å². The molecule has 0 fully saturated rings. The topological polar surface area (TPSA) is 64.6 Å². The molecule has 0 saturated heterocycles. The summed E-state index contributed by atoms with van der Waals surface area (Å²) in [4.78, 5) is 24.1. The number of amides is 1. The summed E-state index contributed by atoms with van der Waals surface area (Å²) in [6.07, 6.45) is 2.90. The summed E-state index contributed by atoms with van der Waals surface area (Å²) >= 11 is 6.13. The van der Waals surface area contributed by atoms with Gasteiger partial charge in [0.15, 0.2) is 6.61 Å². The second-order valence-corrected chi connectivity index (χ2v) is 8.09. The summed E-state index contributed by atoms with van der Waals surface area (Å²) in [5.74, 6) is -0.0286. The second-order valence-electron chi connectivity index (χ2n) is 7.68. The van der Waals surface area contributed by atoms with Gasteiger partial charge in [0, 0.05) is 22.3 Å². The van der Waals surface area contributed by atoms with Crippen molar-refractivity contribution in [3.05, 3.63) is 101 Å². The Balaban J connectivity index is 1.45. The zero-order valence-corrected chi connectivity index (χ0v) is 19.3. The monoisotopic (exact) mass is 463 g/mol. The molecule has 0 aliphatic rings. The Morgan fingerprint density at radius 2 is 1.67 bits per heavy atom. The van der Waals surface area contributed by atoms with Crippen LogP contribution in [0.4, 0.5) is 5.69 Å². The highest BCUT2D eigenvalue weighted by atomic mass is 35.5. The molecule has 0 aromatic heterocycles. The number of ether oxygens (including phenoxy) is 2. The van der Waals surface area contributed by atoms with Gasteiger partial charge in [-0.1, -0.05) is 74.0 Å². The largest absolute Gasteiger partial charge is 0.489 e. The third-order valence-corrected chi connectivity index (χ3v) is 5.22. The fourth-order valence-electron chi connectivity index (χ4n) is 3.10. The Hall–Kier alpha value is -3.57. The van der Waals surface area contributed by atoms with E-state index in [9.17, 15) is 9.59 Å². The van der Waals surface area contributed by atoms with Gasteiger partial charge in [-0.05, 0) is 47.4 Å². The first-order valence-corrected chi connectivity index (χ1v) is 11.0. The van der Waals surface area contributed by atoms with Crippen LogP contribution in [0.3, 0.4) is 0 Å². The molecule has 0 heterocycles. The summed E-state index contributed by atoms with van der Waals surface area (Å²) in [7, 11) is 0. The third-order valence-electron chi connectivity index (χ3n) is 4.85. The molecule has 170 valence electrons. The van der Waals surface area contributed by atoms with Crippen LogP contribution in [0.5, 0.6) is 5.75 Å². The molecular formula is C27H26ClNO4. The molecule has 5 nitrogen and oxygen atoms in total. The highest BCUT2D eigenvalue weighted by Gasteiger charge is 2.10. The van der Waals surface area contributed by atoms with E-state index in [0.29, 0.717) is 17.4 Å². The minimum absolute atomic E-state index is 0.264. The average Bonchev–Trinajstić information content (AvgIpc) is 2.82. The summed E-state index contributed by atoms with van der Waals surface area (Å²) in [5, 5.41) is 3.45. The molecule has 6 heteroatoms. The number of hydrogen-bond donors (Lipinski definition) is 1. The smallest absolute Gasteiger partial charge is 0.331 e. The van der Waals surface area contributed by atoms with Crippen molar-refractivity contribution in [3.8, 4) is 5.75 Å². The van der Waals surface area contributed by atoms with Crippen LogP contribution in [0.25, 0.3) is 6.08 Å². The van der Waals surface area contributed by atoms with E-state index >= 15 is 0 Å². The lowest BCUT2D eigenvalue weighted by Crippen LogP contribution is -2.21. The molecule has 0 spiro atoms. The molecule has 0 aliphatic heterocycles. The van der Waals surface area contributed by atoms with E-state index in [0.717, 1.165) is 22.4 Å². The molecule has 0 radical (unpaired) electrons. The van der Waals surface area contributed by atoms with E-state index in [4.69, 9.17) is 21.1 Å². The quantitative estimate of drug-likeness (QED) is 0.301. The van der Waals surface area contributed by atoms with E-state index in [2.05, 4.69) is 5.32 Å². The molecule has 0 atom stereocenters. The Kier molecular flexibility index (Phi) is 8.67. The fraction of sp³-hybridized carbons (Fsp3) is 0.185. The second kappa shape index (κ2) is 11.9. The number of rotatable bonds is 9. The van der Waals surface area contributed by atoms with Crippen LogP contribution in [0, 0.1) is 0 Å². The van der Waals surface area contributed by atoms with Crippen molar-refractivity contribution in [1.29, 1.82) is 0 Å². The maximum Gasteiger partial charge on any atom is 0.331 e. The highest BCUT2D eigenvalue weighted by Crippen LogP contribution is 2.23. The SMILES string of the molecule is CC(C)c1ccccc1NC(=O)COC(=O)C=Cc1ccc(OCc2ccccc2Cl)cc1. The lowest BCUT2D eigenvalue weighted by molar-refractivity contribution is -0.142. The van der Waals surface area contributed by atoms with Gasteiger partial charge in [-0.3, -0.25) is 4.79 Å². The van der Waals surface area contributed by atoms with Gasteiger partial charge in [0.05, 0.1) is 0 Å². The van der Waals surface area contributed by atoms with Crippen molar-refractivity contribution in [2.45, 2.75) is 26.4 Å². The van der Waals surface area contributed by atoms with E-state index in [-0.39, 0.29) is 18.4 Å². The Bertz CT molecular complexity index is 1120. The number of halogens is 1. The third kappa shape index (κ3) is 7.51. The normalized spacial score (nSPS) is 10.9. The molecule has 0 bridgehead atoms. The fourth-order valence-corrected chi connectivity index (χ4v) is 3.29. The first-order chi connectivity index (χ1) is 15.9. The molecular weight excluding hydrogens is 438 g/mol. The van der Waals surface area contributed by atoms with Crippen molar-refractivity contribution < 1.29 is 19.1 Å². The highest BCUT2D eigenvalue weighted by molar-refractivity contribution is 6.31. The first kappa shape index (κ1) is 24.1. The molecule has 0 aliphatic carbocycles. The number of hydrogen-bond acceptors (Lipinski definition) is 4. The van der Waals surface area contributed by atoms with E-state index in [1.54, 1.807) is 6.08 Å². The predicted octanol–water partition coefficient (Wildman–Crippen LogP) is 6.24. The summed E-state index contributed by atoms with van der Waals surface area (Å²) in [6.45, 7) is 4.11. The van der Waals surface area contributed by atoms with Crippen LogP contribution in [0.15, 0.2) is 78.9 Å². The Morgan fingerprint density at radius 3 is 2.39 bits per heavy atom. The molecule has 33 heavy (non-hydrogen) atoms. The Labute approximate surface area is 199 Å². The van der Waals surface area contributed by atoms with Crippen molar-refractivity contribution >= 4 is 35.2 Å². The van der Waals surface area contributed by atoms with Crippen molar-refractivity contribution in [3.63, 3.8) is 0 Å². The van der Waals surface area contributed by atoms with Gasteiger partial charge in [0.1, 0.15) is 12.4 Å². The van der Waals surface area contributed by atoms with Crippen LogP contribution in [0.2, 0.25) is 5.02 Å². The summed E-state index contributed by atoms with van der Waals surface area (Å²) in [5.41, 5.74) is 3.45. The lowest BCUT2D eigenvalue weighted by atomic mass is 10.0. The molecule has 1 N–H and O–H groups in total. The number of esters is 1. The van der Waals surface area contributed by atoms with E-state index < -0.39 is 5.97 Å². The van der Waals surface area contributed by atoms with E-state index in [1.807, 2.05) is 86.6 Å². The number of carbonyl (C=O) groups is 2. The van der Waals surface area contributed by atoms with Crippen LogP contribution in [-0.4, -0.2) is 18.5 Å². The predicted molar refractivity (Wildman–Crippen MR) is 131 cm³/mol. The minimum atomic E-state index is -0.596. The van der Waals surface area contributed by atoms with Crippen molar-refractivity contribution in [1.82, 2.24) is 0 Å². The first-order valence-electron chi connectivity index (χ1n) is 10.6. The number of para-hydroxylation sites is 1. The van der Waals surface area contributed by atoms with Crippen LogP contribution < -0.4 is 10.1 Å². The summed E-state index contributed by atoms with van der Waals surface area (Å²) in [6, 6.07) is 22.3. The van der Waals surface area contributed by atoms with Crippen molar-refractivity contribution in [2.75, 3.05) is 11.9 Å². The number of benzene rings is 3. The van der Waals surface area contributed by atoms with Gasteiger partial charge in [0.25, 0.3) is 5.91 Å². The lowest BCUT2D eigenvalue weighted by Gasteiger charge is -2.13. The van der Waals surface area contributed by atoms with Crippen LogP contribution in [-0.2, 0) is 20.9 Å². The van der Waals surface area contributed by atoms with Crippen LogP contribution in [0.1, 0.15) is 36.5 Å². The van der Waals surface area contributed by atoms with Crippen molar-refractivity contribution in [2.24, 2.45) is 0 Å². The standard InChI is InChI=1S/C27H26ClNO4/c1-19(2)23-8-4-6-10-25(23)29-26(30)18-33-27(31)16-13-20-11-14-22(15-12-20)32-17-21-7-3-5-9-24(21)28/h3-16,19H,17-18H2,1-2H3,(H,29,30). The molecule has 3 rings (SSSR count). The van der Waals surface area contributed by atoms with E-state index in [1.165, 1.54) is 6.08 Å². The summed E-state index contributed by atoms with van der Waals surface area (Å²) < 4.78 is 10.8. The number of carbonyl (C=O) groups excluding carboxylic acids is 2. The van der Waals surface area contributed by atoms with Gasteiger partial charge in [0.2, 0.25) is 0 Å². The maximum atomic E-state index is 12.2. The average molecular weight is 464 g/mol. The zero-order valence-electron chi connectivity index (χ0n) is 18.6. The molecule has 1 amide bonds. The molecule has 3 aromatic rings. The van der Waals surface area contributed by atoms with Gasteiger partial charge in [-0.2, -0.15) is 0 Å². The van der Waals surface area contributed by atoms with Crippen LogP contribution >= 0.6 is 11.6 Å². The molecule has 0 unspecified atom stereocenters. The number of anilines is 1. The molecule has 0 saturated carbocycles. The maximum absolute atomic E-state index is 12.2. The van der Waals surface area contributed by atoms with Gasteiger partial charge < -0.3 is 14.8 Å². The van der Waals surface area contributed by atoms with Gasteiger partial charge in [-0.15, -0.1) is 0 Å². The molecule has 3 aromatic carbocycles. The minimum Gasteiger partial charge on any atom is -0.489 e. The van der Waals surface area contributed by atoms with Gasteiger partial charge >= 0.3 is 5.97 Å². The Morgan fingerprint density at radius 1 is 0.970 bits per heavy atom. The zero-order chi connectivity index (χ0) is 23.6. The number of nitrogens with one attached hydrogen (secondary N) is 1.